The average molecular weight is 342 g/mol. The Bertz CT molecular complexity index is 512. The fraction of sp³-hybridized carbons (Fsp3) is 0.429. The monoisotopic (exact) mass is 341 g/mol. The molecule has 1 aromatic carbocycles. The minimum atomic E-state index is -0.529. The summed E-state index contributed by atoms with van der Waals surface area (Å²) in [5.74, 6) is -0.319. The Morgan fingerprint density at radius 3 is 2.55 bits per heavy atom. The third-order valence-electron chi connectivity index (χ3n) is 3.16. The van der Waals surface area contributed by atoms with Crippen LogP contribution in [0.25, 0.3) is 0 Å². The highest BCUT2D eigenvalue weighted by molar-refractivity contribution is 9.10. The van der Waals surface area contributed by atoms with Crippen molar-refractivity contribution in [1.82, 2.24) is 4.90 Å². The molecule has 1 heterocycles. The van der Waals surface area contributed by atoms with Crippen molar-refractivity contribution in [1.29, 1.82) is 0 Å². The molecule has 20 heavy (non-hydrogen) atoms. The second-order valence-corrected chi connectivity index (χ2v) is 5.46. The van der Waals surface area contributed by atoms with Crippen LogP contribution >= 0.6 is 15.9 Å². The molecular weight excluding hydrogens is 326 g/mol. The zero-order chi connectivity index (χ0) is 14.5. The maximum atomic E-state index is 12.1. The molecule has 5 nitrogen and oxygen atoms in total. The SMILES string of the molecule is COC(=O)c1ccc(Br)cc1OC(=O)N1CCCCC1. The predicted molar refractivity (Wildman–Crippen MR) is 76.9 cm³/mol. The van der Waals surface area contributed by atoms with Gasteiger partial charge in [-0.05, 0) is 37.5 Å². The van der Waals surface area contributed by atoms with Crippen molar-refractivity contribution in [2.75, 3.05) is 20.2 Å². The number of rotatable bonds is 2. The number of halogens is 1. The van der Waals surface area contributed by atoms with E-state index in [1.165, 1.54) is 7.11 Å². The predicted octanol–water partition coefficient (Wildman–Crippen LogP) is 3.22. The molecule has 1 fully saturated rings. The second kappa shape index (κ2) is 6.74. The van der Waals surface area contributed by atoms with Crippen LogP contribution in [0.4, 0.5) is 4.79 Å². The lowest BCUT2D eigenvalue weighted by atomic mass is 10.1. The Morgan fingerprint density at radius 1 is 1.20 bits per heavy atom. The minimum absolute atomic E-state index is 0.210. The van der Waals surface area contributed by atoms with E-state index < -0.39 is 12.1 Å². The van der Waals surface area contributed by atoms with E-state index >= 15 is 0 Å². The highest BCUT2D eigenvalue weighted by Crippen LogP contribution is 2.25. The van der Waals surface area contributed by atoms with Crippen molar-refractivity contribution in [3.05, 3.63) is 28.2 Å². The lowest BCUT2D eigenvalue weighted by Crippen LogP contribution is -2.37. The lowest BCUT2D eigenvalue weighted by Gasteiger charge is -2.26. The van der Waals surface area contributed by atoms with Gasteiger partial charge in [-0.25, -0.2) is 9.59 Å². The Labute approximate surface area is 126 Å². The number of hydrogen-bond acceptors (Lipinski definition) is 4. The number of amides is 1. The van der Waals surface area contributed by atoms with Gasteiger partial charge < -0.3 is 14.4 Å². The van der Waals surface area contributed by atoms with Crippen LogP contribution in [0.15, 0.2) is 22.7 Å². The van der Waals surface area contributed by atoms with Crippen molar-refractivity contribution in [2.45, 2.75) is 19.3 Å². The van der Waals surface area contributed by atoms with E-state index in [9.17, 15) is 9.59 Å². The molecule has 0 aromatic heterocycles. The van der Waals surface area contributed by atoms with Crippen LogP contribution in [0, 0.1) is 0 Å². The average Bonchev–Trinajstić information content (AvgIpc) is 2.47. The van der Waals surface area contributed by atoms with E-state index in [1.807, 2.05) is 0 Å². The van der Waals surface area contributed by atoms with Gasteiger partial charge in [0.15, 0.2) is 0 Å². The first-order valence-corrected chi connectivity index (χ1v) is 7.25. The van der Waals surface area contributed by atoms with Crippen molar-refractivity contribution >= 4 is 28.0 Å². The maximum Gasteiger partial charge on any atom is 0.415 e. The molecule has 0 spiro atoms. The second-order valence-electron chi connectivity index (χ2n) is 4.55. The largest absolute Gasteiger partial charge is 0.465 e. The third-order valence-corrected chi connectivity index (χ3v) is 3.65. The van der Waals surface area contributed by atoms with Crippen LogP contribution in [-0.4, -0.2) is 37.2 Å². The van der Waals surface area contributed by atoms with E-state index in [4.69, 9.17) is 4.74 Å². The van der Waals surface area contributed by atoms with Gasteiger partial charge in [-0.2, -0.15) is 0 Å². The molecular formula is C14H16BrNO4. The van der Waals surface area contributed by atoms with Gasteiger partial charge in [-0.15, -0.1) is 0 Å². The first-order chi connectivity index (χ1) is 9.61. The number of likely N-dealkylation sites (tertiary alicyclic amines) is 1. The van der Waals surface area contributed by atoms with Crippen LogP contribution in [-0.2, 0) is 4.74 Å². The summed E-state index contributed by atoms with van der Waals surface area (Å²) in [7, 11) is 1.29. The van der Waals surface area contributed by atoms with Gasteiger partial charge in [0.2, 0.25) is 0 Å². The number of carbonyl (C=O) groups excluding carboxylic acids is 2. The Kier molecular flexibility index (Phi) is 5.00. The Balaban J connectivity index is 2.16. The van der Waals surface area contributed by atoms with E-state index in [0.29, 0.717) is 13.1 Å². The van der Waals surface area contributed by atoms with Gasteiger partial charge in [0.1, 0.15) is 11.3 Å². The van der Waals surface area contributed by atoms with Crippen molar-refractivity contribution in [2.24, 2.45) is 0 Å². The molecule has 0 aliphatic carbocycles. The van der Waals surface area contributed by atoms with Gasteiger partial charge in [-0.3, -0.25) is 0 Å². The van der Waals surface area contributed by atoms with Crippen LogP contribution < -0.4 is 4.74 Å². The minimum Gasteiger partial charge on any atom is -0.465 e. The molecule has 1 aromatic rings. The zero-order valence-corrected chi connectivity index (χ0v) is 12.8. The quantitative estimate of drug-likeness (QED) is 0.775. The molecule has 1 aliphatic rings. The standard InChI is InChI=1S/C14H16BrNO4/c1-19-13(17)11-6-5-10(15)9-12(11)20-14(18)16-7-3-2-4-8-16/h5-6,9H,2-4,7-8H2,1H3. The summed E-state index contributed by atoms with van der Waals surface area (Å²) in [5.41, 5.74) is 0.237. The fourth-order valence-corrected chi connectivity index (χ4v) is 2.43. The molecule has 1 aliphatic heterocycles. The van der Waals surface area contributed by atoms with Crippen molar-refractivity contribution < 1.29 is 19.1 Å². The fourth-order valence-electron chi connectivity index (χ4n) is 2.09. The van der Waals surface area contributed by atoms with Crippen LogP contribution in [0.2, 0.25) is 0 Å². The molecule has 0 radical (unpaired) electrons. The Morgan fingerprint density at radius 2 is 1.90 bits per heavy atom. The molecule has 2 rings (SSSR count). The summed E-state index contributed by atoms with van der Waals surface area (Å²) in [4.78, 5) is 25.4. The number of esters is 1. The first-order valence-electron chi connectivity index (χ1n) is 6.46. The number of nitrogens with zero attached hydrogens (tertiary/aromatic N) is 1. The number of methoxy groups -OCH3 is 1. The van der Waals surface area contributed by atoms with Crippen LogP contribution in [0.5, 0.6) is 5.75 Å². The molecule has 0 unspecified atom stereocenters. The van der Waals surface area contributed by atoms with Crippen LogP contribution in [0.1, 0.15) is 29.6 Å². The van der Waals surface area contributed by atoms with Crippen LogP contribution in [0.3, 0.4) is 0 Å². The van der Waals surface area contributed by atoms with Crippen molar-refractivity contribution in [3.8, 4) is 5.75 Å². The molecule has 1 saturated heterocycles. The van der Waals surface area contributed by atoms with Gasteiger partial charge in [0.05, 0.1) is 7.11 Å². The summed E-state index contributed by atoms with van der Waals surface area (Å²) < 4.78 is 10.8. The van der Waals surface area contributed by atoms with Gasteiger partial charge in [-0.1, -0.05) is 15.9 Å². The summed E-state index contributed by atoms with van der Waals surface area (Å²) in [6.07, 6.45) is 2.68. The molecule has 6 heteroatoms. The van der Waals surface area contributed by atoms with Gasteiger partial charge in [0, 0.05) is 17.6 Å². The summed E-state index contributed by atoms with van der Waals surface area (Å²) in [5, 5.41) is 0. The molecule has 1 amide bonds. The van der Waals surface area contributed by atoms with E-state index in [2.05, 4.69) is 20.7 Å². The normalized spacial score (nSPS) is 14.8. The summed E-state index contributed by atoms with van der Waals surface area (Å²) in [6, 6.07) is 4.85. The lowest BCUT2D eigenvalue weighted by molar-refractivity contribution is 0.0597. The van der Waals surface area contributed by atoms with Gasteiger partial charge >= 0.3 is 12.1 Å². The highest BCUT2D eigenvalue weighted by atomic mass is 79.9. The van der Waals surface area contributed by atoms with Gasteiger partial charge in [0.25, 0.3) is 0 Å². The van der Waals surface area contributed by atoms with E-state index in [-0.39, 0.29) is 11.3 Å². The molecule has 108 valence electrons. The number of benzene rings is 1. The summed E-state index contributed by atoms with van der Waals surface area (Å²) in [6.45, 7) is 1.39. The topological polar surface area (TPSA) is 55.8 Å². The van der Waals surface area contributed by atoms with E-state index in [1.54, 1.807) is 23.1 Å². The molecule has 0 atom stereocenters. The maximum absolute atomic E-state index is 12.1. The smallest absolute Gasteiger partial charge is 0.415 e. The molecule has 0 N–H and O–H groups in total. The Hall–Kier alpha value is -1.56. The number of ether oxygens (including phenoxy) is 2. The van der Waals surface area contributed by atoms with E-state index in [0.717, 1.165) is 23.7 Å². The highest BCUT2D eigenvalue weighted by Gasteiger charge is 2.21. The first kappa shape index (κ1) is 14.8. The number of hydrogen-bond donors (Lipinski definition) is 0. The van der Waals surface area contributed by atoms with Crippen molar-refractivity contribution in [3.63, 3.8) is 0 Å². The number of piperidine rings is 1. The third kappa shape index (κ3) is 3.50. The zero-order valence-electron chi connectivity index (χ0n) is 11.2. The summed E-state index contributed by atoms with van der Waals surface area (Å²) >= 11 is 3.30. The molecule has 0 saturated carbocycles. The molecule has 0 bridgehead atoms. The number of carbonyl (C=O) groups is 2.